The van der Waals surface area contributed by atoms with Gasteiger partial charge in [0.15, 0.2) is 5.84 Å². The first-order valence-electron chi connectivity index (χ1n) is 11.6. The Balaban J connectivity index is 1.90. The fourth-order valence-electron chi connectivity index (χ4n) is 4.69. The standard InChI is InChI=1S/C29H29N3OS/c1-5-34-20-12-8-9-17(15-20)23-24-18(16-21-25(23)28(31)32-27(21)30)13-14-22(29(2,3)4)26(24)33-19-10-6-7-11-19/h6-16,19H,5H2,1-4H3,(H3,30,31,32). The van der Waals surface area contributed by atoms with Crippen molar-refractivity contribution in [2.75, 3.05) is 5.75 Å². The number of allylic oxidation sites excluding steroid dienone is 2. The van der Waals surface area contributed by atoms with Crippen LogP contribution in [0.25, 0.3) is 21.9 Å². The van der Waals surface area contributed by atoms with Gasteiger partial charge in [-0.3, -0.25) is 5.41 Å². The van der Waals surface area contributed by atoms with Gasteiger partial charge in [0.05, 0.1) is 0 Å². The van der Waals surface area contributed by atoms with E-state index in [-0.39, 0.29) is 17.4 Å². The number of nitrogens with one attached hydrogen (secondary N) is 1. The second-order valence-corrected chi connectivity index (χ2v) is 11.0. The van der Waals surface area contributed by atoms with E-state index in [1.54, 1.807) is 0 Å². The molecule has 0 spiro atoms. The van der Waals surface area contributed by atoms with Crippen molar-refractivity contribution in [1.82, 2.24) is 0 Å². The molecule has 4 nitrogen and oxygen atoms in total. The Morgan fingerprint density at radius 3 is 2.53 bits per heavy atom. The summed E-state index contributed by atoms with van der Waals surface area (Å²) in [6.07, 6.45) is 8.02. The monoisotopic (exact) mass is 467 g/mol. The first-order chi connectivity index (χ1) is 16.3. The molecule has 3 aromatic carbocycles. The molecule has 34 heavy (non-hydrogen) atoms. The Hall–Kier alpha value is -3.31. The number of hydrogen-bond acceptors (Lipinski definition) is 4. The maximum Gasteiger partial charge on any atom is 0.154 e. The van der Waals surface area contributed by atoms with Crippen LogP contribution in [-0.4, -0.2) is 23.5 Å². The Labute approximate surface area is 205 Å². The van der Waals surface area contributed by atoms with Gasteiger partial charge in [-0.15, -0.1) is 11.8 Å². The molecular formula is C29H29N3OS. The van der Waals surface area contributed by atoms with Crippen LogP contribution in [0, 0.1) is 5.41 Å². The molecule has 0 atom stereocenters. The van der Waals surface area contributed by atoms with Crippen molar-refractivity contribution in [2.45, 2.75) is 44.1 Å². The number of nitrogens with two attached hydrogens (primary N) is 1. The zero-order valence-corrected chi connectivity index (χ0v) is 20.8. The lowest BCUT2D eigenvalue weighted by molar-refractivity contribution is 0.294. The molecule has 172 valence electrons. The van der Waals surface area contributed by atoms with Crippen LogP contribution in [0.5, 0.6) is 5.75 Å². The predicted octanol–water partition coefficient (Wildman–Crippen LogP) is 6.83. The summed E-state index contributed by atoms with van der Waals surface area (Å²) in [5, 5.41) is 10.5. The molecule has 0 fully saturated rings. The van der Waals surface area contributed by atoms with E-state index < -0.39 is 0 Å². The van der Waals surface area contributed by atoms with E-state index in [1.807, 2.05) is 30.0 Å². The van der Waals surface area contributed by atoms with Crippen molar-refractivity contribution in [1.29, 1.82) is 5.41 Å². The van der Waals surface area contributed by atoms with Gasteiger partial charge < -0.3 is 10.5 Å². The van der Waals surface area contributed by atoms with Crippen LogP contribution in [0.4, 0.5) is 0 Å². The molecule has 1 heterocycles. The van der Waals surface area contributed by atoms with Gasteiger partial charge in [-0.25, -0.2) is 4.99 Å². The highest BCUT2D eigenvalue weighted by Gasteiger charge is 2.30. The van der Waals surface area contributed by atoms with E-state index in [0.717, 1.165) is 50.1 Å². The second kappa shape index (κ2) is 8.48. The number of benzene rings is 3. The van der Waals surface area contributed by atoms with Gasteiger partial charge >= 0.3 is 0 Å². The number of ether oxygens (including phenoxy) is 1. The number of aliphatic imine (C=N–C) groups is 1. The molecule has 5 rings (SSSR count). The molecule has 1 aliphatic carbocycles. The van der Waals surface area contributed by atoms with Crippen molar-refractivity contribution < 1.29 is 4.74 Å². The molecule has 2 aliphatic rings. The molecule has 0 aromatic heterocycles. The van der Waals surface area contributed by atoms with Crippen molar-refractivity contribution in [3.8, 4) is 16.9 Å². The number of amidine groups is 2. The first kappa shape index (κ1) is 22.5. The number of nitrogens with zero attached hydrogens (tertiary/aromatic N) is 1. The van der Waals surface area contributed by atoms with Crippen LogP contribution in [0.2, 0.25) is 0 Å². The molecule has 5 heteroatoms. The molecular weight excluding hydrogens is 438 g/mol. The average Bonchev–Trinajstić information content (AvgIpc) is 3.40. The van der Waals surface area contributed by atoms with Crippen molar-refractivity contribution in [3.05, 3.63) is 83.5 Å². The lowest BCUT2D eigenvalue weighted by Crippen LogP contribution is -2.18. The smallest absolute Gasteiger partial charge is 0.154 e. The quantitative estimate of drug-likeness (QED) is 0.404. The minimum Gasteiger partial charge on any atom is -0.481 e. The van der Waals surface area contributed by atoms with Crippen molar-refractivity contribution >= 4 is 34.2 Å². The predicted molar refractivity (Wildman–Crippen MR) is 145 cm³/mol. The Bertz CT molecular complexity index is 1400. The van der Waals surface area contributed by atoms with Crippen LogP contribution in [-0.2, 0) is 5.41 Å². The third-order valence-electron chi connectivity index (χ3n) is 6.21. The maximum atomic E-state index is 8.46. The normalized spacial score (nSPS) is 15.3. The largest absolute Gasteiger partial charge is 0.481 e. The highest BCUT2D eigenvalue weighted by Crippen LogP contribution is 2.46. The summed E-state index contributed by atoms with van der Waals surface area (Å²) in [6.45, 7) is 8.78. The first-order valence-corrected chi connectivity index (χ1v) is 12.6. The summed E-state index contributed by atoms with van der Waals surface area (Å²) in [5.74, 6) is 2.45. The number of rotatable bonds is 5. The number of hydrogen-bond donors (Lipinski definition) is 2. The van der Waals surface area contributed by atoms with Crippen molar-refractivity contribution in [2.24, 2.45) is 10.7 Å². The highest BCUT2D eigenvalue weighted by molar-refractivity contribution is 7.99. The van der Waals surface area contributed by atoms with E-state index in [4.69, 9.17) is 15.9 Å². The Morgan fingerprint density at radius 2 is 1.82 bits per heavy atom. The lowest BCUT2D eigenvalue weighted by Gasteiger charge is -2.27. The summed E-state index contributed by atoms with van der Waals surface area (Å²) in [5.41, 5.74) is 11.1. The molecule has 0 unspecified atom stereocenters. The molecule has 0 radical (unpaired) electrons. The van der Waals surface area contributed by atoms with Gasteiger partial charge in [-0.05, 0) is 52.5 Å². The Kier molecular flexibility index (Phi) is 5.61. The molecule has 0 amide bonds. The fraction of sp³-hybridized carbons (Fsp3) is 0.241. The third kappa shape index (κ3) is 3.84. The number of fused-ring (bicyclic) bond motifs is 2. The van der Waals surface area contributed by atoms with Gasteiger partial charge in [0.2, 0.25) is 0 Å². The molecule has 3 N–H and O–H groups in total. The van der Waals surface area contributed by atoms with E-state index in [0.29, 0.717) is 5.84 Å². The molecule has 0 saturated carbocycles. The lowest BCUT2D eigenvalue weighted by atomic mass is 9.82. The maximum absolute atomic E-state index is 8.46. The zero-order valence-electron chi connectivity index (χ0n) is 20.0. The van der Waals surface area contributed by atoms with Crippen LogP contribution < -0.4 is 10.5 Å². The van der Waals surface area contributed by atoms with Crippen LogP contribution in [0.3, 0.4) is 0 Å². The van der Waals surface area contributed by atoms with E-state index >= 15 is 0 Å². The molecule has 3 aromatic rings. The van der Waals surface area contributed by atoms with Gasteiger partial charge in [-0.2, -0.15) is 0 Å². The van der Waals surface area contributed by atoms with E-state index in [9.17, 15) is 0 Å². The van der Waals surface area contributed by atoms with Gasteiger partial charge in [0.1, 0.15) is 17.7 Å². The second-order valence-electron chi connectivity index (χ2n) is 9.62. The SMILES string of the molecule is CCSc1cccc(-c2c3c(cc4ccc(C(C)(C)C)c(OC5C=CC=C5)c24)C(=N)N=C3N)c1. The zero-order chi connectivity index (χ0) is 24.0. The molecule has 1 aliphatic heterocycles. The van der Waals surface area contributed by atoms with Crippen LogP contribution in [0.15, 0.2) is 76.7 Å². The minimum atomic E-state index is -0.127. The highest BCUT2D eigenvalue weighted by atomic mass is 32.2. The van der Waals surface area contributed by atoms with Crippen LogP contribution >= 0.6 is 11.8 Å². The van der Waals surface area contributed by atoms with Gasteiger partial charge in [0, 0.05) is 32.5 Å². The van der Waals surface area contributed by atoms with Crippen LogP contribution in [0.1, 0.15) is 44.4 Å². The average molecular weight is 468 g/mol. The molecule has 0 saturated heterocycles. The van der Waals surface area contributed by atoms with E-state index in [2.05, 4.69) is 81.2 Å². The van der Waals surface area contributed by atoms with Crippen molar-refractivity contribution in [3.63, 3.8) is 0 Å². The minimum absolute atomic E-state index is 0.126. The topological polar surface area (TPSA) is 71.5 Å². The molecule has 0 bridgehead atoms. The van der Waals surface area contributed by atoms with Gasteiger partial charge in [0.25, 0.3) is 0 Å². The van der Waals surface area contributed by atoms with Gasteiger partial charge in [-0.1, -0.05) is 64.1 Å². The summed E-state index contributed by atoms with van der Waals surface area (Å²) in [7, 11) is 0. The fourth-order valence-corrected chi connectivity index (χ4v) is 5.41. The number of thioether (sulfide) groups is 1. The summed E-state index contributed by atoms with van der Waals surface area (Å²) in [6, 6.07) is 14.9. The Morgan fingerprint density at radius 1 is 1.06 bits per heavy atom. The van der Waals surface area contributed by atoms with E-state index in [1.165, 1.54) is 4.90 Å². The summed E-state index contributed by atoms with van der Waals surface area (Å²) >= 11 is 1.81. The summed E-state index contributed by atoms with van der Waals surface area (Å²) < 4.78 is 6.69. The third-order valence-corrected chi connectivity index (χ3v) is 7.09. The summed E-state index contributed by atoms with van der Waals surface area (Å²) in [4.78, 5) is 5.54.